The van der Waals surface area contributed by atoms with Gasteiger partial charge in [0.2, 0.25) is 0 Å². The Morgan fingerprint density at radius 3 is 2.64 bits per heavy atom. The Bertz CT molecular complexity index is 852. The Balaban J connectivity index is 1.52. The molecule has 0 fully saturated rings. The van der Waals surface area contributed by atoms with Crippen molar-refractivity contribution < 1.29 is 17.9 Å². The summed E-state index contributed by atoms with van der Waals surface area (Å²) in [6.07, 6.45) is -0.721. The zero-order valence-electron chi connectivity index (χ0n) is 15.0. The van der Waals surface area contributed by atoms with Gasteiger partial charge in [0.1, 0.15) is 11.6 Å². The Morgan fingerprint density at radius 2 is 1.89 bits per heavy atom. The van der Waals surface area contributed by atoms with E-state index < -0.39 is 17.5 Å². The molecule has 0 amide bonds. The number of nitrogens with zero attached hydrogens (tertiary/aromatic N) is 1. The summed E-state index contributed by atoms with van der Waals surface area (Å²) in [6.45, 7) is 0.568. The average molecular weight is 390 g/mol. The highest BCUT2D eigenvalue weighted by molar-refractivity contribution is 5.73. The molecule has 5 nitrogen and oxygen atoms in total. The van der Waals surface area contributed by atoms with Crippen LogP contribution in [-0.2, 0) is 12.7 Å². The summed E-state index contributed by atoms with van der Waals surface area (Å²) in [5, 5.41) is 6.11. The molecule has 1 aliphatic heterocycles. The Kier molecular flexibility index (Phi) is 5.89. The summed E-state index contributed by atoms with van der Waals surface area (Å²) < 4.78 is 44.1. The van der Waals surface area contributed by atoms with Crippen molar-refractivity contribution in [2.75, 3.05) is 6.61 Å². The number of hydrogen-bond acceptors (Lipinski definition) is 5. The molecule has 4 N–H and O–H groups in total. The van der Waals surface area contributed by atoms with E-state index in [-0.39, 0.29) is 6.54 Å². The lowest BCUT2D eigenvalue weighted by molar-refractivity contribution is -0.137. The van der Waals surface area contributed by atoms with E-state index in [0.29, 0.717) is 24.4 Å². The number of allylic oxidation sites excluding steroid dienone is 1. The maximum absolute atomic E-state index is 12.8. The van der Waals surface area contributed by atoms with Crippen LogP contribution in [0, 0.1) is 0 Å². The molecule has 1 unspecified atom stereocenters. The van der Waals surface area contributed by atoms with Crippen molar-refractivity contribution in [2.24, 2.45) is 10.7 Å². The summed E-state index contributed by atoms with van der Waals surface area (Å²) in [5.41, 5.74) is 6.08. The first-order valence-corrected chi connectivity index (χ1v) is 8.74. The first-order chi connectivity index (χ1) is 13.3. The lowest BCUT2D eigenvalue weighted by Gasteiger charge is -2.31. The summed E-state index contributed by atoms with van der Waals surface area (Å²) >= 11 is 0. The molecule has 0 aliphatic carbocycles. The zero-order chi connectivity index (χ0) is 20.0. The fourth-order valence-corrected chi connectivity index (χ4v) is 2.68. The number of rotatable bonds is 7. The van der Waals surface area contributed by atoms with Gasteiger partial charge in [-0.25, -0.2) is 0 Å². The van der Waals surface area contributed by atoms with E-state index in [1.807, 2.05) is 30.3 Å². The molecule has 2 aromatic carbocycles. The molecule has 1 atom stereocenters. The quantitative estimate of drug-likeness (QED) is 0.678. The van der Waals surface area contributed by atoms with Crippen LogP contribution in [-0.4, -0.2) is 18.6 Å². The fourth-order valence-electron chi connectivity index (χ4n) is 2.68. The van der Waals surface area contributed by atoms with Gasteiger partial charge in [-0.05, 0) is 35.9 Å². The first kappa shape index (κ1) is 19.8. The van der Waals surface area contributed by atoms with Crippen LogP contribution in [0.3, 0.4) is 0 Å². The molecule has 0 spiro atoms. The van der Waals surface area contributed by atoms with Crippen LogP contribution < -0.4 is 21.1 Å². The van der Waals surface area contributed by atoms with Crippen LogP contribution >= 0.6 is 0 Å². The van der Waals surface area contributed by atoms with Gasteiger partial charge >= 0.3 is 6.18 Å². The smallest absolute Gasteiger partial charge is 0.416 e. The SMILES string of the molecule is NC1(CCOc2ccccc2)N=CC=C(NCc2cccc(C(F)(F)F)c2)N1. The number of halogens is 3. The van der Waals surface area contributed by atoms with Crippen molar-refractivity contribution in [1.29, 1.82) is 0 Å². The molecule has 3 rings (SSSR count). The number of para-hydroxylation sites is 1. The molecule has 0 radical (unpaired) electrons. The van der Waals surface area contributed by atoms with Crippen LogP contribution in [0.4, 0.5) is 13.2 Å². The standard InChI is InChI=1S/C20H21F3N4O/c21-20(22,23)16-6-4-5-15(13-16)14-25-18-9-11-26-19(24,27-18)10-12-28-17-7-2-1-3-8-17/h1-9,11,13,25,27H,10,12,14,24H2. The minimum atomic E-state index is -4.36. The number of nitrogens with one attached hydrogen (secondary N) is 2. The third-order valence-corrected chi connectivity index (χ3v) is 4.13. The Labute approximate surface area is 161 Å². The van der Waals surface area contributed by atoms with Crippen molar-refractivity contribution in [2.45, 2.75) is 24.9 Å². The number of aliphatic imine (C=N–C) groups is 1. The van der Waals surface area contributed by atoms with Crippen molar-refractivity contribution in [3.63, 3.8) is 0 Å². The van der Waals surface area contributed by atoms with Crippen molar-refractivity contribution in [3.8, 4) is 5.75 Å². The minimum absolute atomic E-state index is 0.215. The van der Waals surface area contributed by atoms with Gasteiger partial charge in [-0.15, -0.1) is 0 Å². The normalized spacial score (nSPS) is 18.9. The van der Waals surface area contributed by atoms with Crippen molar-refractivity contribution in [1.82, 2.24) is 10.6 Å². The second-order valence-electron chi connectivity index (χ2n) is 6.37. The highest BCUT2D eigenvalue weighted by atomic mass is 19.4. The van der Waals surface area contributed by atoms with Gasteiger partial charge in [0.15, 0.2) is 5.79 Å². The van der Waals surface area contributed by atoms with E-state index in [0.717, 1.165) is 17.9 Å². The molecule has 0 saturated carbocycles. The topological polar surface area (TPSA) is 71.7 Å². The summed E-state index contributed by atoms with van der Waals surface area (Å²) in [4.78, 5) is 4.24. The van der Waals surface area contributed by atoms with Gasteiger partial charge in [0, 0.05) is 19.2 Å². The number of nitrogens with two attached hydrogens (primary N) is 1. The minimum Gasteiger partial charge on any atom is -0.493 e. The van der Waals surface area contributed by atoms with Gasteiger partial charge in [-0.2, -0.15) is 13.2 Å². The third-order valence-electron chi connectivity index (χ3n) is 4.13. The van der Waals surface area contributed by atoms with Crippen molar-refractivity contribution in [3.05, 3.63) is 77.6 Å². The molecule has 1 heterocycles. The zero-order valence-corrected chi connectivity index (χ0v) is 15.0. The lowest BCUT2D eigenvalue weighted by atomic mass is 10.1. The average Bonchev–Trinajstić information content (AvgIpc) is 2.67. The molecule has 0 bridgehead atoms. The maximum atomic E-state index is 12.8. The van der Waals surface area contributed by atoms with Crippen LogP contribution in [0.1, 0.15) is 17.5 Å². The van der Waals surface area contributed by atoms with Gasteiger partial charge in [0.25, 0.3) is 0 Å². The van der Waals surface area contributed by atoms with Crippen LogP contribution in [0.25, 0.3) is 0 Å². The highest BCUT2D eigenvalue weighted by Gasteiger charge is 2.30. The van der Waals surface area contributed by atoms with Crippen LogP contribution in [0.2, 0.25) is 0 Å². The van der Waals surface area contributed by atoms with E-state index in [2.05, 4.69) is 15.6 Å². The first-order valence-electron chi connectivity index (χ1n) is 8.74. The van der Waals surface area contributed by atoms with E-state index in [1.165, 1.54) is 6.07 Å². The lowest BCUT2D eigenvalue weighted by Crippen LogP contribution is -2.55. The van der Waals surface area contributed by atoms with Crippen LogP contribution in [0.5, 0.6) is 5.75 Å². The second-order valence-corrected chi connectivity index (χ2v) is 6.37. The Hall–Kier alpha value is -3.00. The third kappa shape index (κ3) is 5.50. The molecule has 8 heteroatoms. The number of alkyl halides is 3. The predicted octanol–water partition coefficient (Wildman–Crippen LogP) is 3.39. The van der Waals surface area contributed by atoms with Crippen molar-refractivity contribution >= 4 is 6.21 Å². The van der Waals surface area contributed by atoms with Crippen LogP contribution in [0.15, 0.2) is 71.5 Å². The number of ether oxygens (including phenoxy) is 1. The van der Waals surface area contributed by atoms with Gasteiger partial charge in [0.05, 0.1) is 12.2 Å². The fraction of sp³-hybridized carbons (Fsp3) is 0.250. The molecule has 2 aromatic rings. The molecule has 0 aromatic heterocycles. The van der Waals surface area contributed by atoms with Gasteiger partial charge < -0.3 is 15.4 Å². The molecule has 1 aliphatic rings. The summed E-state index contributed by atoms with van der Waals surface area (Å²) in [7, 11) is 0. The molecule has 0 saturated heterocycles. The number of hydrogen-bond donors (Lipinski definition) is 3. The largest absolute Gasteiger partial charge is 0.493 e. The summed E-state index contributed by atoms with van der Waals surface area (Å²) in [6, 6.07) is 14.5. The second kappa shape index (κ2) is 8.35. The van der Waals surface area contributed by atoms with E-state index in [1.54, 1.807) is 18.4 Å². The molecule has 148 valence electrons. The van der Waals surface area contributed by atoms with Gasteiger partial charge in [-0.3, -0.25) is 10.7 Å². The predicted molar refractivity (Wildman–Crippen MR) is 101 cm³/mol. The molecular weight excluding hydrogens is 369 g/mol. The Morgan fingerprint density at radius 1 is 1.11 bits per heavy atom. The van der Waals surface area contributed by atoms with Gasteiger partial charge in [-0.1, -0.05) is 30.3 Å². The monoisotopic (exact) mass is 390 g/mol. The number of benzene rings is 2. The molecular formula is C20H21F3N4O. The highest BCUT2D eigenvalue weighted by Crippen LogP contribution is 2.29. The van der Waals surface area contributed by atoms with E-state index in [9.17, 15) is 13.2 Å². The van der Waals surface area contributed by atoms with E-state index in [4.69, 9.17) is 10.5 Å². The maximum Gasteiger partial charge on any atom is 0.416 e. The summed E-state index contributed by atoms with van der Waals surface area (Å²) in [5.74, 6) is 0.263. The van der Waals surface area contributed by atoms with E-state index >= 15 is 0 Å². The molecule has 28 heavy (non-hydrogen) atoms.